The zero-order valence-electron chi connectivity index (χ0n) is 16.0. The van der Waals surface area contributed by atoms with Crippen molar-refractivity contribution in [3.8, 4) is 11.3 Å². The largest absolute Gasteiger partial charge is 0.457 e. The van der Waals surface area contributed by atoms with Gasteiger partial charge in [-0.2, -0.15) is 0 Å². The lowest BCUT2D eigenvalue weighted by atomic mass is 10.1. The Hall–Kier alpha value is -3.03. The number of nitrogens with zero attached hydrogens (tertiary/aromatic N) is 3. The molecule has 0 aliphatic carbocycles. The van der Waals surface area contributed by atoms with Crippen LogP contribution in [0.4, 0.5) is 0 Å². The van der Waals surface area contributed by atoms with Gasteiger partial charge in [-0.3, -0.25) is 10.1 Å². The smallest absolute Gasteiger partial charge is 0.276 e. The van der Waals surface area contributed by atoms with Crippen LogP contribution in [0, 0.1) is 0 Å². The van der Waals surface area contributed by atoms with Gasteiger partial charge in [-0.25, -0.2) is 10.0 Å². The average molecular weight is 437 g/mol. The topological polar surface area (TPSA) is 70.2 Å². The molecule has 1 aromatic heterocycles. The van der Waals surface area contributed by atoms with Gasteiger partial charge in [-0.15, -0.1) is 5.10 Å². The fourth-order valence-corrected chi connectivity index (χ4v) is 4.28. The Morgan fingerprint density at radius 1 is 1.17 bits per heavy atom. The number of halogens is 1. The first-order valence-corrected chi connectivity index (χ1v) is 10.9. The van der Waals surface area contributed by atoms with Gasteiger partial charge >= 0.3 is 0 Å². The van der Waals surface area contributed by atoms with Gasteiger partial charge < -0.3 is 4.42 Å². The highest BCUT2D eigenvalue weighted by Crippen LogP contribution is 2.34. The molecule has 0 fully saturated rings. The Bertz CT molecular complexity index is 1300. The number of hydrogen-bond acceptors (Lipinski definition) is 6. The summed E-state index contributed by atoms with van der Waals surface area (Å²) in [4.78, 5) is 17.8. The fourth-order valence-electron chi connectivity index (χ4n) is 3.50. The molecule has 2 aliphatic rings. The Morgan fingerprint density at radius 3 is 2.87 bits per heavy atom. The lowest BCUT2D eigenvalue weighted by Gasteiger charge is -2.32. The second-order valence-corrected chi connectivity index (χ2v) is 8.41. The van der Waals surface area contributed by atoms with Gasteiger partial charge in [0, 0.05) is 15.8 Å². The molecule has 1 atom stereocenters. The minimum absolute atomic E-state index is 0.199. The van der Waals surface area contributed by atoms with Crippen molar-refractivity contribution in [3.63, 3.8) is 0 Å². The molecule has 8 heteroatoms. The van der Waals surface area contributed by atoms with E-state index in [2.05, 4.69) is 10.4 Å². The summed E-state index contributed by atoms with van der Waals surface area (Å²) < 4.78 is 6.14. The third kappa shape index (κ3) is 3.30. The summed E-state index contributed by atoms with van der Waals surface area (Å²) in [7, 11) is 0. The zero-order chi connectivity index (χ0) is 20.7. The van der Waals surface area contributed by atoms with Gasteiger partial charge in [0.05, 0.1) is 5.36 Å². The molecule has 150 valence electrons. The normalized spacial score (nSPS) is 17.6. The summed E-state index contributed by atoms with van der Waals surface area (Å²) in [6, 6.07) is 18.8. The van der Waals surface area contributed by atoms with E-state index in [-0.39, 0.29) is 5.91 Å². The fraction of sp³-hybridized carbons (Fsp3) is 0.136. The molecule has 1 N–H and O–H groups in total. The summed E-state index contributed by atoms with van der Waals surface area (Å²) in [5, 5.41) is 11.9. The van der Waals surface area contributed by atoms with Crippen molar-refractivity contribution >= 4 is 40.1 Å². The molecule has 3 heterocycles. The minimum atomic E-state index is -0.582. The van der Waals surface area contributed by atoms with Crippen LogP contribution in [0.2, 0.25) is 5.02 Å². The maximum absolute atomic E-state index is 12.9. The highest BCUT2D eigenvalue weighted by atomic mass is 35.5. The van der Waals surface area contributed by atoms with Crippen LogP contribution in [0.15, 0.2) is 75.2 Å². The molecule has 6 nitrogen and oxygen atoms in total. The molecule has 0 unspecified atom stereocenters. The monoisotopic (exact) mass is 436 g/mol. The number of para-hydroxylation sites is 1. The molecule has 0 saturated heterocycles. The molecule has 0 saturated carbocycles. The first-order valence-electron chi connectivity index (χ1n) is 9.49. The van der Waals surface area contributed by atoms with Gasteiger partial charge in [-0.05, 0) is 36.1 Å². The Kier molecular flexibility index (Phi) is 4.84. The van der Waals surface area contributed by atoms with Gasteiger partial charge in [0.1, 0.15) is 11.5 Å². The number of amidine groups is 1. The second kappa shape index (κ2) is 7.66. The quantitative estimate of drug-likeness (QED) is 0.682. The number of rotatable bonds is 3. The van der Waals surface area contributed by atoms with Gasteiger partial charge in [0.15, 0.2) is 10.9 Å². The van der Waals surface area contributed by atoms with Crippen LogP contribution in [0.3, 0.4) is 0 Å². The summed E-state index contributed by atoms with van der Waals surface area (Å²) in [5.41, 5.74) is 1.34. The second-order valence-electron chi connectivity index (χ2n) is 6.72. The number of hydrazone groups is 1. The van der Waals surface area contributed by atoms with Crippen molar-refractivity contribution < 1.29 is 9.21 Å². The number of fused-ring (bicyclic) bond motifs is 2. The Labute approximate surface area is 181 Å². The van der Waals surface area contributed by atoms with E-state index in [1.807, 2.05) is 67.6 Å². The number of hydrogen-bond donors (Lipinski definition) is 1. The first kappa shape index (κ1) is 19.0. The van der Waals surface area contributed by atoms with E-state index in [0.717, 1.165) is 21.9 Å². The van der Waals surface area contributed by atoms with E-state index in [1.165, 1.54) is 11.8 Å². The van der Waals surface area contributed by atoms with E-state index < -0.39 is 6.17 Å². The maximum Gasteiger partial charge on any atom is 0.276 e. The molecule has 1 amide bonds. The van der Waals surface area contributed by atoms with Crippen LogP contribution in [-0.2, 0) is 4.79 Å². The molecular weight excluding hydrogens is 420 g/mol. The first-order chi connectivity index (χ1) is 14.6. The number of thioether (sulfide) groups is 1. The highest BCUT2D eigenvalue weighted by Gasteiger charge is 2.35. The van der Waals surface area contributed by atoms with E-state index in [0.29, 0.717) is 27.4 Å². The number of benzene rings is 2. The van der Waals surface area contributed by atoms with Crippen LogP contribution >= 0.6 is 23.4 Å². The van der Waals surface area contributed by atoms with E-state index in [9.17, 15) is 4.79 Å². The SMILES string of the molecule is CCSC1=NN2C(=c3ccccc3=N[C@H]2c2ccc(-c3cccc(Cl)c3)o2)C(=O)N1. The molecule has 0 radical (unpaired) electrons. The van der Waals surface area contributed by atoms with Crippen molar-refractivity contribution in [2.45, 2.75) is 13.1 Å². The third-order valence-corrected chi connectivity index (χ3v) is 5.77. The lowest BCUT2D eigenvalue weighted by molar-refractivity contribution is -0.116. The van der Waals surface area contributed by atoms with Crippen LogP contribution in [0.5, 0.6) is 0 Å². The van der Waals surface area contributed by atoms with Crippen molar-refractivity contribution in [2.75, 3.05) is 5.75 Å². The standard InChI is InChI=1S/C22H17ClN4O2S/c1-2-30-22-25-21(28)19-15-8-3-4-9-16(15)24-20(27(19)26-22)18-11-10-17(29-18)13-6-5-7-14(23)12-13/h3-12,20H,2H2,1H3,(H,25,26,28)/t20-/m1/s1. The molecule has 30 heavy (non-hydrogen) atoms. The van der Waals surface area contributed by atoms with Gasteiger partial charge in [0.2, 0.25) is 6.17 Å². The molecular formula is C22H17ClN4O2S. The lowest BCUT2D eigenvalue weighted by Crippen LogP contribution is -2.50. The van der Waals surface area contributed by atoms with Crippen molar-refractivity contribution in [2.24, 2.45) is 10.1 Å². The van der Waals surface area contributed by atoms with Crippen LogP contribution in [0.25, 0.3) is 17.0 Å². The van der Waals surface area contributed by atoms with Crippen LogP contribution in [-0.4, -0.2) is 21.8 Å². The number of nitrogens with one attached hydrogen (secondary N) is 1. The minimum Gasteiger partial charge on any atom is -0.457 e. The summed E-state index contributed by atoms with van der Waals surface area (Å²) in [6.07, 6.45) is -0.582. The van der Waals surface area contributed by atoms with E-state index in [1.54, 1.807) is 5.01 Å². The molecule has 2 aliphatic heterocycles. The molecule has 2 aromatic carbocycles. The summed E-state index contributed by atoms with van der Waals surface area (Å²) >= 11 is 7.59. The van der Waals surface area contributed by atoms with E-state index in [4.69, 9.17) is 21.0 Å². The Morgan fingerprint density at radius 2 is 2.03 bits per heavy atom. The number of furan rings is 1. The molecule has 0 spiro atoms. The van der Waals surface area contributed by atoms with Gasteiger partial charge in [-0.1, -0.05) is 60.6 Å². The number of carbonyl (C=O) groups excluding carboxylic acids is 1. The van der Waals surface area contributed by atoms with Crippen molar-refractivity contribution in [1.29, 1.82) is 0 Å². The highest BCUT2D eigenvalue weighted by molar-refractivity contribution is 8.13. The summed E-state index contributed by atoms with van der Waals surface area (Å²) in [5.74, 6) is 1.86. The number of carbonyl (C=O) groups is 1. The zero-order valence-corrected chi connectivity index (χ0v) is 17.6. The predicted octanol–water partition coefficient (Wildman–Crippen LogP) is 3.50. The average Bonchev–Trinajstić information content (AvgIpc) is 3.23. The maximum atomic E-state index is 12.9. The third-order valence-electron chi connectivity index (χ3n) is 4.79. The van der Waals surface area contributed by atoms with Gasteiger partial charge in [0.25, 0.3) is 5.91 Å². The predicted molar refractivity (Wildman–Crippen MR) is 118 cm³/mol. The van der Waals surface area contributed by atoms with Crippen molar-refractivity contribution in [3.05, 3.63) is 82.0 Å². The molecule has 3 aromatic rings. The van der Waals surface area contributed by atoms with Crippen LogP contribution in [0.1, 0.15) is 18.8 Å². The number of amides is 1. The molecule has 0 bridgehead atoms. The van der Waals surface area contributed by atoms with Crippen molar-refractivity contribution in [1.82, 2.24) is 10.3 Å². The van der Waals surface area contributed by atoms with E-state index >= 15 is 0 Å². The Balaban J connectivity index is 1.64. The summed E-state index contributed by atoms with van der Waals surface area (Å²) in [6.45, 7) is 2.01. The molecule has 5 rings (SSSR count). The van der Waals surface area contributed by atoms with Crippen LogP contribution < -0.4 is 15.9 Å².